The van der Waals surface area contributed by atoms with Gasteiger partial charge in [0, 0.05) is 0 Å². The van der Waals surface area contributed by atoms with Crippen molar-refractivity contribution in [3.63, 3.8) is 0 Å². The van der Waals surface area contributed by atoms with Crippen LogP contribution in [0.25, 0.3) is 0 Å². The summed E-state index contributed by atoms with van der Waals surface area (Å²) in [6.45, 7) is 4.27. The molecule has 1 unspecified atom stereocenters. The van der Waals surface area contributed by atoms with E-state index in [1.165, 1.54) is 12.8 Å². The van der Waals surface area contributed by atoms with Gasteiger partial charge in [-0.3, -0.25) is 18.2 Å². The molecule has 0 heterocycles. The zero-order valence-electron chi connectivity index (χ0n) is 12.7. The van der Waals surface area contributed by atoms with Gasteiger partial charge in [-0.2, -0.15) is 16.8 Å². The van der Waals surface area contributed by atoms with E-state index in [4.69, 9.17) is 40.8 Å². The Bertz CT molecular complexity index is 399. The zero-order chi connectivity index (χ0) is 18.4. The largest absolute Gasteiger partial charge is 0.394 e. The van der Waals surface area contributed by atoms with E-state index in [9.17, 15) is 5.11 Å². The maximum Gasteiger partial charge on any atom is 0.394 e. The van der Waals surface area contributed by atoms with Gasteiger partial charge in [0.25, 0.3) is 0 Å². The molecule has 12 heteroatoms. The average molecular weight is 369 g/mol. The normalized spacial score (nSPS) is 14.0. The van der Waals surface area contributed by atoms with Gasteiger partial charge in [0.15, 0.2) is 0 Å². The summed E-state index contributed by atoms with van der Waals surface area (Å²) in [4.78, 5) is 0. The molecule has 0 radical (unpaired) electrons. The van der Waals surface area contributed by atoms with Crippen molar-refractivity contribution >= 4 is 20.8 Å². The first kappa shape index (κ1) is 26.6. The molecule has 22 heavy (non-hydrogen) atoms. The molecule has 0 aliphatic carbocycles. The van der Waals surface area contributed by atoms with Gasteiger partial charge in [0.1, 0.15) is 5.72 Å². The maximum atomic E-state index is 9.65. The molecule has 10 nitrogen and oxygen atoms in total. The van der Waals surface area contributed by atoms with Gasteiger partial charge in [-0.1, -0.05) is 33.1 Å². The third-order valence-corrected chi connectivity index (χ3v) is 2.18. The highest BCUT2D eigenvalue weighted by Gasteiger charge is 2.18. The summed E-state index contributed by atoms with van der Waals surface area (Å²) in [5.74, 6) is 0. The Balaban J connectivity index is -0.000000298. The van der Waals surface area contributed by atoms with Crippen LogP contribution in [0.1, 0.15) is 58.8 Å². The van der Waals surface area contributed by atoms with E-state index in [1.807, 2.05) is 0 Å². The molecule has 0 aromatic rings. The molecule has 138 valence electrons. The van der Waals surface area contributed by atoms with Crippen molar-refractivity contribution in [1.82, 2.24) is 0 Å². The van der Waals surface area contributed by atoms with Crippen LogP contribution >= 0.6 is 0 Å². The third-order valence-electron chi connectivity index (χ3n) is 2.18. The highest BCUT2D eigenvalue weighted by molar-refractivity contribution is 7.80. The predicted molar refractivity (Wildman–Crippen MR) is 81.2 cm³/mol. The second-order valence-electron chi connectivity index (χ2n) is 4.56. The molecule has 0 bridgehead atoms. The van der Waals surface area contributed by atoms with Gasteiger partial charge in [-0.05, 0) is 25.7 Å². The van der Waals surface area contributed by atoms with E-state index in [1.54, 1.807) is 0 Å². The zero-order valence-corrected chi connectivity index (χ0v) is 14.3. The molecule has 0 aromatic heterocycles. The van der Waals surface area contributed by atoms with Crippen LogP contribution in [0, 0.1) is 0 Å². The average Bonchev–Trinajstić information content (AvgIpc) is 2.22. The van der Waals surface area contributed by atoms with Crippen molar-refractivity contribution in [1.29, 1.82) is 0 Å². The minimum atomic E-state index is -4.67. The van der Waals surface area contributed by atoms with E-state index >= 15 is 0 Å². The summed E-state index contributed by atoms with van der Waals surface area (Å²) in [5.41, 5.74) is 4.80. The summed E-state index contributed by atoms with van der Waals surface area (Å²) >= 11 is 0. The predicted octanol–water partition coefficient (Wildman–Crippen LogP) is 1.10. The molecule has 0 aliphatic rings. The quantitative estimate of drug-likeness (QED) is 0.215. The van der Waals surface area contributed by atoms with Gasteiger partial charge in [-0.15, -0.1) is 0 Å². The van der Waals surface area contributed by atoms with Gasteiger partial charge in [0.2, 0.25) is 0 Å². The van der Waals surface area contributed by atoms with Crippen LogP contribution in [0.4, 0.5) is 0 Å². The number of hydrogen-bond acceptors (Lipinski definition) is 6. The highest BCUT2D eigenvalue weighted by Crippen LogP contribution is 2.15. The van der Waals surface area contributed by atoms with E-state index in [-0.39, 0.29) is 0 Å². The molecule has 1 atom stereocenters. The number of hydrogen-bond donors (Lipinski definition) is 6. The third kappa shape index (κ3) is 60.2. The smallest absolute Gasteiger partial charge is 0.376 e. The van der Waals surface area contributed by atoms with Crippen molar-refractivity contribution in [3.05, 3.63) is 0 Å². The Morgan fingerprint density at radius 1 is 0.773 bits per heavy atom. The Hall–Kier alpha value is -0.340. The van der Waals surface area contributed by atoms with Crippen LogP contribution in [-0.4, -0.2) is 45.9 Å². The molecule has 0 amide bonds. The summed E-state index contributed by atoms with van der Waals surface area (Å²) in [7, 11) is -9.33. The Morgan fingerprint density at radius 3 is 1.32 bits per heavy atom. The first-order valence-corrected chi connectivity index (χ1v) is 9.32. The molecule has 0 rings (SSSR count). The van der Waals surface area contributed by atoms with E-state index in [0.29, 0.717) is 0 Å². The van der Waals surface area contributed by atoms with Crippen molar-refractivity contribution < 1.29 is 40.2 Å². The molecule has 0 aliphatic heterocycles. The van der Waals surface area contributed by atoms with Gasteiger partial charge < -0.3 is 10.8 Å². The Labute approximate surface area is 131 Å². The van der Waals surface area contributed by atoms with E-state index < -0.39 is 26.5 Å². The summed E-state index contributed by atoms with van der Waals surface area (Å²) in [5, 5.41) is 9.65. The monoisotopic (exact) mass is 369 g/mol. The summed E-state index contributed by atoms with van der Waals surface area (Å²) in [6, 6.07) is 0. The fourth-order valence-electron chi connectivity index (χ4n) is 1.29. The lowest BCUT2D eigenvalue weighted by molar-refractivity contribution is 0.0246. The van der Waals surface area contributed by atoms with Crippen LogP contribution in [0.15, 0.2) is 0 Å². The lowest BCUT2D eigenvalue weighted by Crippen LogP contribution is -2.39. The first-order valence-electron chi connectivity index (χ1n) is 6.53. The van der Waals surface area contributed by atoms with Crippen LogP contribution in [0.3, 0.4) is 0 Å². The molecular weight excluding hydrogens is 342 g/mol. The number of nitrogens with two attached hydrogens (primary N) is 1. The lowest BCUT2D eigenvalue weighted by Gasteiger charge is -2.22. The number of unbranched alkanes of at least 4 members (excludes halogenated alkanes) is 3. The highest BCUT2D eigenvalue weighted by atomic mass is 32.3. The topological polar surface area (TPSA) is 195 Å². The fraction of sp³-hybridized carbons (Fsp3) is 1.00. The SMILES string of the molecule is CCCCCC(N)(O)CCCC.O=S(=O)(O)O.O=S(=O)(O)O. The Kier molecular flexibility index (Phi) is 15.8. The van der Waals surface area contributed by atoms with Crippen molar-refractivity contribution in [2.24, 2.45) is 5.73 Å². The second-order valence-corrected chi connectivity index (χ2v) is 6.35. The lowest BCUT2D eigenvalue weighted by atomic mass is 10.00. The van der Waals surface area contributed by atoms with E-state index in [2.05, 4.69) is 13.8 Å². The fourth-order valence-corrected chi connectivity index (χ4v) is 1.29. The van der Waals surface area contributed by atoms with Gasteiger partial charge in [-0.25, -0.2) is 0 Å². The van der Waals surface area contributed by atoms with Crippen molar-refractivity contribution in [3.8, 4) is 0 Å². The minimum Gasteiger partial charge on any atom is -0.376 e. The van der Waals surface area contributed by atoms with Crippen LogP contribution in [-0.2, 0) is 20.8 Å². The van der Waals surface area contributed by atoms with Crippen molar-refractivity contribution in [2.75, 3.05) is 0 Å². The van der Waals surface area contributed by atoms with Crippen LogP contribution in [0.2, 0.25) is 0 Å². The molecule has 0 fully saturated rings. The minimum absolute atomic E-state index is 0.743. The molecular formula is C10H27NO9S2. The Morgan fingerprint density at radius 2 is 1.05 bits per heavy atom. The molecule has 0 saturated heterocycles. The summed E-state index contributed by atoms with van der Waals surface area (Å²) in [6.07, 6.45) is 7.03. The summed E-state index contributed by atoms with van der Waals surface area (Å²) < 4.78 is 63.2. The molecule has 7 N–H and O–H groups in total. The molecule has 0 saturated carbocycles. The molecule has 0 aromatic carbocycles. The standard InChI is InChI=1S/C10H23NO.2H2O4S/c1-3-5-7-9-10(11,12)8-6-4-2;2*1-5(2,3)4/h12H,3-9,11H2,1-2H3;2*(H2,1,2,3,4). The van der Waals surface area contributed by atoms with E-state index in [0.717, 1.165) is 32.1 Å². The van der Waals surface area contributed by atoms with Gasteiger partial charge in [0.05, 0.1) is 0 Å². The van der Waals surface area contributed by atoms with Crippen molar-refractivity contribution in [2.45, 2.75) is 64.5 Å². The number of aliphatic hydroxyl groups is 1. The first-order chi connectivity index (χ1) is 9.62. The molecule has 0 spiro atoms. The number of rotatable bonds is 7. The van der Waals surface area contributed by atoms with Crippen LogP contribution in [0.5, 0.6) is 0 Å². The van der Waals surface area contributed by atoms with Crippen LogP contribution < -0.4 is 5.73 Å². The maximum absolute atomic E-state index is 9.65. The van der Waals surface area contributed by atoms with Gasteiger partial charge >= 0.3 is 20.8 Å². The second kappa shape index (κ2) is 13.1.